The van der Waals surface area contributed by atoms with Gasteiger partial charge in [-0.1, -0.05) is 0 Å². The number of methoxy groups -OCH3 is 1. The third-order valence-electron chi connectivity index (χ3n) is 2.54. The van der Waals surface area contributed by atoms with E-state index in [9.17, 15) is 5.11 Å². The Balaban J connectivity index is 2.20. The highest BCUT2D eigenvalue weighted by molar-refractivity contribution is 5.47. The van der Waals surface area contributed by atoms with Crippen molar-refractivity contribution in [2.45, 2.75) is 19.1 Å². The number of anilines is 2. The van der Waals surface area contributed by atoms with Crippen LogP contribution in [0.4, 0.5) is 11.6 Å². The van der Waals surface area contributed by atoms with Gasteiger partial charge in [-0.25, -0.2) is 9.97 Å². The molecule has 6 heteroatoms. The molecule has 0 aromatic carbocycles. The second kappa shape index (κ2) is 4.63. The van der Waals surface area contributed by atoms with Crippen LogP contribution in [0.25, 0.3) is 0 Å². The fourth-order valence-electron chi connectivity index (χ4n) is 1.81. The lowest BCUT2D eigenvalue weighted by Crippen LogP contribution is -2.23. The normalized spacial score (nSPS) is 20.4. The maximum atomic E-state index is 9.46. The molecule has 1 fully saturated rings. The molecule has 0 bridgehead atoms. The molecule has 1 aromatic heterocycles. The molecule has 0 radical (unpaired) electrons. The second-order valence-electron chi connectivity index (χ2n) is 3.89. The van der Waals surface area contributed by atoms with Gasteiger partial charge in [0.05, 0.1) is 6.10 Å². The van der Waals surface area contributed by atoms with Crippen LogP contribution in [0.5, 0.6) is 0 Å². The van der Waals surface area contributed by atoms with Crippen molar-refractivity contribution in [3.05, 3.63) is 11.9 Å². The standard InChI is InChI=1S/C10H16N4O2/c1-16-6-9-12-8(11)4-10(13-9)14-3-2-7(15)5-14/h4,7,15H,2-3,5-6H2,1H3,(H2,11,12,13). The van der Waals surface area contributed by atoms with Crippen LogP contribution in [0.3, 0.4) is 0 Å². The Labute approximate surface area is 94.1 Å². The number of nitrogens with zero attached hydrogens (tertiary/aromatic N) is 3. The first-order valence-electron chi connectivity index (χ1n) is 5.24. The molecular formula is C10H16N4O2. The third kappa shape index (κ3) is 2.40. The minimum atomic E-state index is -0.276. The van der Waals surface area contributed by atoms with Crippen LogP contribution in [0.1, 0.15) is 12.2 Å². The molecule has 6 nitrogen and oxygen atoms in total. The van der Waals surface area contributed by atoms with E-state index in [2.05, 4.69) is 9.97 Å². The smallest absolute Gasteiger partial charge is 0.158 e. The van der Waals surface area contributed by atoms with E-state index < -0.39 is 0 Å². The van der Waals surface area contributed by atoms with Gasteiger partial charge in [0.2, 0.25) is 0 Å². The molecule has 16 heavy (non-hydrogen) atoms. The van der Waals surface area contributed by atoms with Gasteiger partial charge in [0, 0.05) is 26.3 Å². The third-order valence-corrected chi connectivity index (χ3v) is 2.54. The van der Waals surface area contributed by atoms with Crippen molar-refractivity contribution < 1.29 is 9.84 Å². The van der Waals surface area contributed by atoms with Crippen molar-refractivity contribution in [3.8, 4) is 0 Å². The summed E-state index contributed by atoms with van der Waals surface area (Å²) in [5.74, 6) is 1.76. The van der Waals surface area contributed by atoms with Gasteiger partial charge < -0.3 is 20.5 Å². The Morgan fingerprint density at radius 1 is 1.62 bits per heavy atom. The Kier molecular flexibility index (Phi) is 3.21. The molecule has 1 aliphatic heterocycles. The van der Waals surface area contributed by atoms with Crippen LogP contribution in [0.2, 0.25) is 0 Å². The number of aromatic nitrogens is 2. The van der Waals surface area contributed by atoms with Gasteiger partial charge in [-0.15, -0.1) is 0 Å². The van der Waals surface area contributed by atoms with E-state index in [-0.39, 0.29) is 6.10 Å². The van der Waals surface area contributed by atoms with Crippen LogP contribution < -0.4 is 10.6 Å². The average Bonchev–Trinajstić information content (AvgIpc) is 2.64. The first-order chi connectivity index (χ1) is 7.69. The zero-order valence-electron chi connectivity index (χ0n) is 9.26. The summed E-state index contributed by atoms with van der Waals surface area (Å²) in [7, 11) is 1.59. The lowest BCUT2D eigenvalue weighted by molar-refractivity contribution is 0.178. The SMILES string of the molecule is COCc1nc(N)cc(N2CCC(O)C2)n1. The Morgan fingerprint density at radius 2 is 2.44 bits per heavy atom. The van der Waals surface area contributed by atoms with E-state index in [1.807, 2.05) is 4.90 Å². The van der Waals surface area contributed by atoms with E-state index in [0.29, 0.717) is 24.8 Å². The molecule has 1 saturated heterocycles. The summed E-state index contributed by atoms with van der Waals surface area (Å²) in [5.41, 5.74) is 5.70. The van der Waals surface area contributed by atoms with Crippen molar-refractivity contribution in [2.75, 3.05) is 30.8 Å². The van der Waals surface area contributed by atoms with Gasteiger partial charge in [-0.3, -0.25) is 0 Å². The lowest BCUT2D eigenvalue weighted by Gasteiger charge is -2.17. The van der Waals surface area contributed by atoms with E-state index in [4.69, 9.17) is 10.5 Å². The second-order valence-corrected chi connectivity index (χ2v) is 3.89. The number of ether oxygens (including phenoxy) is 1. The summed E-state index contributed by atoms with van der Waals surface area (Å²) in [5, 5.41) is 9.46. The number of hydrogen-bond donors (Lipinski definition) is 2. The van der Waals surface area contributed by atoms with Gasteiger partial charge in [0.1, 0.15) is 18.2 Å². The lowest BCUT2D eigenvalue weighted by atomic mass is 10.3. The maximum absolute atomic E-state index is 9.46. The number of aliphatic hydroxyl groups excluding tert-OH is 1. The summed E-state index contributed by atoms with van der Waals surface area (Å²) >= 11 is 0. The van der Waals surface area contributed by atoms with Crippen molar-refractivity contribution in [3.63, 3.8) is 0 Å². The van der Waals surface area contributed by atoms with Gasteiger partial charge in [0.25, 0.3) is 0 Å². The summed E-state index contributed by atoms with van der Waals surface area (Å²) < 4.78 is 4.97. The van der Waals surface area contributed by atoms with Crippen LogP contribution in [0.15, 0.2) is 6.07 Å². The Bertz CT molecular complexity index is 372. The molecule has 2 rings (SSSR count). The van der Waals surface area contributed by atoms with E-state index >= 15 is 0 Å². The molecule has 2 heterocycles. The summed E-state index contributed by atoms with van der Waals surface area (Å²) in [4.78, 5) is 10.4. The monoisotopic (exact) mass is 224 g/mol. The molecule has 0 spiro atoms. The Morgan fingerprint density at radius 3 is 3.06 bits per heavy atom. The molecule has 1 aromatic rings. The molecule has 88 valence electrons. The highest BCUT2D eigenvalue weighted by Crippen LogP contribution is 2.19. The highest BCUT2D eigenvalue weighted by Gasteiger charge is 2.22. The molecule has 3 N–H and O–H groups in total. The minimum absolute atomic E-state index is 0.276. The fourth-order valence-corrected chi connectivity index (χ4v) is 1.81. The molecule has 1 aliphatic rings. The van der Waals surface area contributed by atoms with Crippen molar-refractivity contribution >= 4 is 11.6 Å². The van der Waals surface area contributed by atoms with Crippen molar-refractivity contribution in [1.82, 2.24) is 9.97 Å². The van der Waals surface area contributed by atoms with Gasteiger partial charge >= 0.3 is 0 Å². The molecule has 0 aliphatic carbocycles. The first kappa shape index (κ1) is 11.1. The fraction of sp³-hybridized carbons (Fsp3) is 0.600. The number of β-amino-alcohol motifs (C(OH)–C–C–N with tert-alkyl or cyclic N) is 1. The van der Waals surface area contributed by atoms with Crippen molar-refractivity contribution in [1.29, 1.82) is 0 Å². The predicted molar refractivity (Wildman–Crippen MR) is 60.0 cm³/mol. The van der Waals surface area contributed by atoms with Crippen LogP contribution in [-0.4, -0.2) is 41.4 Å². The number of nitrogen functional groups attached to an aromatic ring is 1. The molecule has 1 unspecified atom stereocenters. The van der Waals surface area contributed by atoms with Gasteiger partial charge in [-0.05, 0) is 6.42 Å². The van der Waals surface area contributed by atoms with Crippen molar-refractivity contribution in [2.24, 2.45) is 0 Å². The van der Waals surface area contributed by atoms with Crippen LogP contribution >= 0.6 is 0 Å². The van der Waals surface area contributed by atoms with Gasteiger partial charge in [-0.2, -0.15) is 0 Å². The largest absolute Gasteiger partial charge is 0.391 e. The summed E-state index contributed by atoms with van der Waals surface area (Å²) in [6.07, 6.45) is 0.492. The van der Waals surface area contributed by atoms with Gasteiger partial charge in [0.15, 0.2) is 5.82 Å². The predicted octanol–water partition coefficient (Wildman–Crippen LogP) is -0.224. The van der Waals surface area contributed by atoms with E-state index in [1.54, 1.807) is 13.2 Å². The zero-order chi connectivity index (χ0) is 11.5. The summed E-state index contributed by atoms with van der Waals surface area (Å²) in [6, 6.07) is 1.72. The highest BCUT2D eigenvalue weighted by atomic mass is 16.5. The van der Waals surface area contributed by atoms with E-state index in [1.165, 1.54) is 0 Å². The van der Waals surface area contributed by atoms with Crippen LogP contribution in [-0.2, 0) is 11.3 Å². The van der Waals surface area contributed by atoms with E-state index in [0.717, 1.165) is 18.8 Å². The Hall–Kier alpha value is -1.40. The minimum Gasteiger partial charge on any atom is -0.391 e. The molecule has 1 atom stereocenters. The summed E-state index contributed by atoms with van der Waals surface area (Å²) in [6.45, 7) is 1.74. The van der Waals surface area contributed by atoms with Crippen LogP contribution in [0, 0.1) is 0 Å². The number of hydrogen-bond acceptors (Lipinski definition) is 6. The topological polar surface area (TPSA) is 84.5 Å². The number of nitrogens with two attached hydrogens (primary N) is 1. The zero-order valence-corrected chi connectivity index (χ0v) is 9.26. The molecular weight excluding hydrogens is 208 g/mol. The average molecular weight is 224 g/mol. The quantitative estimate of drug-likeness (QED) is 0.738. The molecule has 0 amide bonds. The maximum Gasteiger partial charge on any atom is 0.158 e. The number of aliphatic hydroxyl groups is 1. The number of rotatable bonds is 3. The molecule has 0 saturated carbocycles. The first-order valence-corrected chi connectivity index (χ1v) is 5.24.